The van der Waals surface area contributed by atoms with Crippen LogP contribution in [0.1, 0.15) is 37.3 Å². The lowest BCUT2D eigenvalue weighted by Crippen LogP contribution is -2.46. The Labute approximate surface area is 134 Å². The molecule has 128 valence electrons. The molecule has 1 aromatic carbocycles. The molecule has 1 heterocycles. The van der Waals surface area contributed by atoms with E-state index in [0.717, 1.165) is 31.7 Å². The van der Waals surface area contributed by atoms with E-state index in [1.807, 2.05) is 0 Å². The third-order valence-corrected chi connectivity index (χ3v) is 4.85. The number of nitrogens with one attached hydrogen (secondary N) is 1. The fraction of sp³-hybridized carbons (Fsp3) is 0.647. The highest BCUT2D eigenvalue weighted by Crippen LogP contribution is 2.40. The molecule has 1 aliphatic heterocycles. The van der Waals surface area contributed by atoms with Crippen molar-refractivity contribution in [2.45, 2.75) is 38.1 Å². The minimum absolute atomic E-state index is 0.147. The molecule has 0 aromatic heterocycles. The van der Waals surface area contributed by atoms with Crippen LogP contribution >= 0.6 is 0 Å². The second kappa shape index (κ2) is 7.09. The molecule has 3 nitrogen and oxygen atoms in total. The molecule has 2 aliphatic rings. The minimum atomic E-state index is -4.63. The Morgan fingerprint density at radius 1 is 1.04 bits per heavy atom. The zero-order chi connectivity index (χ0) is 16.3. The van der Waals surface area contributed by atoms with Crippen molar-refractivity contribution < 1.29 is 17.9 Å². The third kappa shape index (κ3) is 4.38. The summed E-state index contributed by atoms with van der Waals surface area (Å²) in [5.74, 6) is 0.453. The lowest BCUT2D eigenvalue weighted by molar-refractivity contribution is -0.274. The number of nitrogens with zero attached hydrogens (tertiary/aromatic N) is 1. The average Bonchev–Trinajstić information content (AvgIpc) is 3.03. The van der Waals surface area contributed by atoms with E-state index in [2.05, 4.69) is 15.0 Å². The van der Waals surface area contributed by atoms with Crippen LogP contribution in [0, 0.1) is 5.92 Å². The zero-order valence-electron chi connectivity index (χ0n) is 13.1. The number of halogens is 3. The summed E-state index contributed by atoms with van der Waals surface area (Å²) in [6.07, 6.45) is 0.279. The summed E-state index contributed by atoms with van der Waals surface area (Å²) in [5, 5.41) is 3.36. The number of rotatable bonds is 4. The molecule has 2 fully saturated rings. The van der Waals surface area contributed by atoms with E-state index < -0.39 is 6.36 Å². The monoisotopic (exact) mass is 328 g/mol. The van der Waals surface area contributed by atoms with Crippen molar-refractivity contribution in [2.75, 3.05) is 26.2 Å². The summed E-state index contributed by atoms with van der Waals surface area (Å²) in [7, 11) is 0. The fourth-order valence-corrected chi connectivity index (χ4v) is 3.88. The zero-order valence-corrected chi connectivity index (χ0v) is 13.1. The van der Waals surface area contributed by atoms with Crippen LogP contribution in [0.3, 0.4) is 0 Å². The number of ether oxygens (including phenoxy) is 1. The highest BCUT2D eigenvalue weighted by atomic mass is 19.4. The van der Waals surface area contributed by atoms with Crippen LogP contribution in [0.15, 0.2) is 24.3 Å². The lowest BCUT2D eigenvalue weighted by atomic mass is 9.89. The van der Waals surface area contributed by atoms with Gasteiger partial charge in [-0.1, -0.05) is 25.0 Å². The number of alkyl halides is 3. The van der Waals surface area contributed by atoms with Crippen LogP contribution in [0.25, 0.3) is 0 Å². The molecule has 0 radical (unpaired) electrons. The van der Waals surface area contributed by atoms with E-state index in [0.29, 0.717) is 12.0 Å². The average molecular weight is 328 g/mol. The molecule has 6 heteroatoms. The van der Waals surface area contributed by atoms with Gasteiger partial charge in [0.25, 0.3) is 0 Å². The molecule has 1 saturated carbocycles. The molecule has 1 atom stereocenters. The van der Waals surface area contributed by atoms with Gasteiger partial charge < -0.3 is 10.1 Å². The van der Waals surface area contributed by atoms with Gasteiger partial charge in [-0.3, -0.25) is 4.90 Å². The molecule has 0 unspecified atom stereocenters. The summed E-state index contributed by atoms with van der Waals surface area (Å²) >= 11 is 0. The summed E-state index contributed by atoms with van der Waals surface area (Å²) in [4.78, 5) is 2.48. The van der Waals surface area contributed by atoms with Gasteiger partial charge in [0.2, 0.25) is 0 Å². The predicted molar refractivity (Wildman–Crippen MR) is 82.3 cm³/mol. The van der Waals surface area contributed by atoms with E-state index >= 15 is 0 Å². The minimum Gasteiger partial charge on any atom is -0.406 e. The molecule has 1 N–H and O–H groups in total. The summed E-state index contributed by atoms with van der Waals surface area (Å²) in [5.41, 5.74) is 1.10. The molecule has 0 spiro atoms. The van der Waals surface area contributed by atoms with Gasteiger partial charge >= 0.3 is 6.36 Å². The normalized spacial score (nSPS) is 22.2. The van der Waals surface area contributed by atoms with Crippen LogP contribution in [0.4, 0.5) is 13.2 Å². The number of hydrogen-bond acceptors (Lipinski definition) is 3. The largest absolute Gasteiger partial charge is 0.573 e. The van der Waals surface area contributed by atoms with Crippen LogP contribution in [0.5, 0.6) is 5.75 Å². The van der Waals surface area contributed by atoms with Crippen LogP contribution in [-0.2, 0) is 0 Å². The lowest BCUT2D eigenvalue weighted by Gasteiger charge is -2.38. The SMILES string of the molecule is FC(F)(F)Oc1ccc([C@@H](C2CCCC2)N2CCNCC2)cc1. The number of piperazine rings is 1. The Bertz CT molecular complexity index is 492. The molecule has 0 amide bonds. The first-order valence-electron chi connectivity index (χ1n) is 8.33. The van der Waals surface area contributed by atoms with Crippen LogP contribution in [0.2, 0.25) is 0 Å². The molecular weight excluding hydrogens is 305 g/mol. The van der Waals surface area contributed by atoms with Crippen molar-refractivity contribution in [1.82, 2.24) is 10.2 Å². The maximum Gasteiger partial charge on any atom is 0.573 e. The fourth-order valence-electron chi connectivity index (χ4n) is 3.88. The van der Waals surface area contributed by atoms with Gasteiger partial charge in [-0.25, -0.2) is 0 Å². The molecule has 1 saturated heterocycles. The van der Waals surface area contributed by atoms with Gasteiger partial charge in [0, 0.05) is 32.2 Å². The molecule has 1 aromatic rings. The van der Waals surface area contributed by atoms with Gasteiger partial charge in [0.05, 0.1) is 0 Å². The van der Waals surface area contributed by atoms with Crippen molar-refractivity contribution in [2.24, 2.45) is 5.92 Å². The van der Waals surface area contributed by atoms with Crippen molar-refractivity contribution in [3.8, 4) is 5.75 Å². The van der Waals surface area contributed by atoms with Gasteiger partial charge in [-0.15, -0.1) is 13.2 Å². The Kier molecular flexibility index (Phi) is 5.11. The molecule has 0 bridgehead atoms. The van der Waals surface area contributed by atoms with E-state index in [1.165, 1.54) is 37.8 Å². The van der Waals surface area contributed by atoms with Crippen molar-refractivity contribution in [3.63, 3.8) is 0 Å². The number of benzene rings is 1. The van der Waals surface area contributed by atoms with Gasteiger partial charge in [-0.2, -0.15) is 0 Å². The highest BCUT2D eigenvalue weighted by molar-refractivity contribution is 5.30. The van der Waals surface area contributed by atoms with E-state index in [-0.39, 0.29) is 5.75 Å². The summed E-state index contributed by atoms with van der Waals surface area (Å²) < 4.78 is 40.9. The smallest absolute Gasteiger partial charge is 0.406 e. The van der Waals surface area contributed by atoms with Crippen LogP contribution in [-0.4, -0.2) is 37.4 Å². The Balaban J connectivity index is 1.78. The Morgan fingerprint density at radius 3 is 2.22 bits per heavy atom. The number of hydrogen-bond donors (Lipinski definition) is 1. The molecule has 1 aliphatic carbocycles. The van der Waals surface area contributed by atoms with Crippen molar-refractivity contribution in [1.29, 1.82) is 0 Å². The molecule has 23 heavy (non-hydrogen) atoms. The molecular formula is C17H23F3N2O. The van der Waals surface area contributed by atoms with Gasteiger partial charge in [0.15, 0.2) is 0 Å². The maximum absolute atomic E-state index is 12.3. The first kappa shape index (κ1) is 16.6. The van der Waals surface area contributed by atoms with Crippen molar-refractivity contribution >= 4 is 0 Å². The highest BCUT2D eigenvalue weighted by Gasteiger charge is 2.33. The third-order valence-electron chi connectivity index (χ3n) is 4.85. The Hall–Kier alpha value is -1.27. The Morgan fingerprint density at radius 2 is 1.65 bits per heavy atom. The van der Waals surface area contributed by atoms with Crippen LogP contribution < -0.4 is 10.1 Å². The second-order valence-corrected chi connectivity index (χ2v) is 6.39. The predicted octanol–water partition coefficient (Wildman–Crippen LogP) is 3.72. The van der Waals surface area contributed by atoms with Gasteiger partial charge in [-0.05, 0) is 36.5 Å². The first-order valence-corrected chi connectivity index (χ1v) is 8.33. The maximum atomic E-state index is 12.3. The van der Waals surface area contributed by atoms with Gasteiger partial charge in [0.1, 0.15) is 5.75 Å². The second-order valence-electron chi connectivity index (χ2n) is 6.39. The summed E-state index contributed by atoms with van der Waals surface area (Å²) in [6, 6.07) is 6.78. The van der Waals surface area contributed by atoms with E-state index in [1.54, 1.807) is 12.1 Å². The summed E-state index contributed by atoms with van der Waals surface area (Å²) in [6.45, 7) is 3.92. The quantitative estimate of drug-likeness (QED) is 0.912. The van der Waals surface area contributed by atoms with E-state index in [4.69, 9.17) is 0 Å². The van der Waals surface area contributed by atoms with E-state index in [9.17, 15) is 13.2 Å². The van der Waals surface area contributed by atoms with Crippen molar-refractivity contribution in [3.05, 3.63) is 29.8 Å². The topological polar surface area (TPSA) is 24.5 Å². The standard InChI is InChI=1S/C17H23F3N2O/c18-17(19,20)23-15-7-5-14(6-8-15)16(13-3-1-2-4-13)22-11-9-21-10-12-22/h5-8,13,16,21H,1-4,9-12H2/t16-/m1/s1. The molecule has 3 rings (SSSR count). The first-order chi connectivity index (χ1) is 11.0.